The van der Waals surface area contributed by atoms with Crippen molar-refractivity contribution in [1.82, 2.24) is 9.97 Å². The van der Waals surface area contributed by atoms with Gasteiger partial charge < -0.3 is 10.1 Å². The van der Waals surface area contributed by atoms with Crippen LogP contribution in [0.4, 0.5) is 0 Å². The number of nitrogens with zero attached hydrogens (tertiary/aromatic N) is 1. The minimum absolute atomic E-state index is 0.203. The second kappa shape index (κ2) is 5.23. The highest BCUT2D eigenvalue weighted by Gasteiger charge is 2.10. The van der Waals surface area contributed by atoms with Crippen LogP contribution in [0.15, 0.2) is 29.4 Å². The maximum atomic E-state index is 10.5. The fourth-order valence-electron chi connectivity index (χ4n) is 1.56. The van der Waals surface area contributed by atoms with Crippen LogP contribution in [-0.4, -0.2) is 26.3 Å². The topological polar surface area (TPSA) is 66.0 Å². The summed E-state index contributed by atoms with van der Waals surface area (Å²) in [5.41, 5.74) is 1.96. The minimum Gasteiger partial charge on any atom is -0.481 e. The third-order valence-electron chi connectivity index (χ3n) is 2.45. The molecular formula is C12H14N2O2S. The van der Waals surface area contributed by atoms with Crippen LogP contribution in [0, 0.1) is 0 Å². The van der Waals surface area contributed by atoms with Gasteiger partial charge in [-0.1, -0.05) is 30.8 Å². The molecule has 0 aliphatic heterocycles. The van der Waals surface area contributed by atoms with Crippen molar-refractivity contribution < 1.29 is 9.90 Å². The molecule has 90 valence electrons. The van der Waals surface area contributed by atoms with Crippen molar-refractivity contribution in [2.75, 3.05) is 0 Å². The third-order valence-corrected chi connectivity index (χ3v) is 3.50. The summed E-state index contributed by atoms with van der Waals surface area (Å²) in [6.07, 6.45) is 0.853. The number of hydrogen-bond acceptors (Lipinski definition) is 3. The molecule has 5 heteroatoms. The molecule has 1 heterocycles. The number of benzene rings is 1. The van der Waals surface area contributed by atoms with E-state index in [9.17, 15) is 4.79 Å². The first-order chi connectivity index (χ1) is 8.15. The van der Waals surface area contributed by atoms with E-state index in [1.807, 2.05) is 31.2 Å². The second-order valence-electron chi connectivity index (χ2n) is 3.92. The number of aliphatic carboxylic acids is 1. The molecule has 1 aromatic heterocycles. The van der Waals surface area contributed by atoms with Crippen molar-refractivity contribution in [3.05, 3.63) is 24.3 Å². The molecule has 0 spiro atoms. The molecule has 0 saturated carbocycles. The third kappa shape index (κ3) is 3.23. The Balaban J connectivity index is 2.00. The minimum atomic E-state index is -0.748. The van der Waals surface area contributed by atoms with E-state index in [1.54, 1.807) is 11.8 Å². The number of aromatic nitrogens is 2. The van der Waals surface area contributed by atoms with E-state index in [4.69, 9.17) is 5.11 Å². The second-order valence-corrected chi connectivity index (χ2v) is 5.35. The van der Waals surface area contributed by atoms with Crippen LogP contribution in [0.3, 0.4) is 0 Å². The molecule has 1 unspecified atom stereocenters. The lowest BCUT2D eigenvalue weighted by Crippen LogP contribution is -2.02. The van der Waals surface area contributed by atoms with Crippen LogP contribution in [0.1, 0.15) is 19.8 Å². The number of carboxylic acid groups (broad SMARTS) is 1. The van der Waals surface area contributed by atoms with Crippen molar-refractivity contribution in [3.63, 3.8) is 0 Å². The Morgan fingerprint density at radius 2 is 2.29 bits per heavy atom. The number of thioether (sulfide) groups is 1. The summed E-state index contributed by atoms with van der Waals surface area (Å²) < 4.78 is 0. The summed E-state index contributed by atoms with van der Waals surface area (Å²) in [4.78, 5) is 18.1. The predicted octanol–water partition coefficient (Wildman–Crippen LogP) is 2.91. The Labute approximate surface area is 103 Å². The molecule has 0 saturated heterocycles. The van der Waals surface area contributed by atoms with Crippen molar-refractivity contribution >= 4 is 28.8 Å². The zero-order valence-electron chi connectivity index (χ0n) is 9.51. The zero-order chi connectivity index (χ0) is 12.3. The highest BCUT2D eigenvalue weighted by Crippen LogP contribution is 2.25. The highest BCUT2D eigenvalue weighted by atomic mass is 32.2. The van der Waals surface area contributed by atoms with E-state index in [0.29, 0.717) is 6.42 Å². The van der Waals surface area contributed by atoms with Gasteiger partial charge in [0, 0.05) is 11.7 Å². The molecule has 0 aliphatic rings. The lowest BCUT2D eigenvalue weighted by atomic mass is 10.2. The largest absolute Gasteiger partial charge is 0.481 e. The average Bonchev–Trinajstić information content (AvgIpc) is 2.68. The highest BCUT2D eigenvalue weighted by molar-refractivity contribution is 7.99. The Morgan fingerprint density at radius 1 is 1.53 bits per heavy atom. The molecule has 0 aliphatic carbocycles. The molecule has 0 bridgehead atoms. The van der Waals surface area contributed by atoms with Gasteiger partial charge in [0.15, 0.2) is 5.16 Å². The normalized spacial score (nSPS) is 12.8. The lowest BCUT2D eigenvalue weighted by molar-refractivity contribution is -0.137. The SMILES string of the molecule is CC(CCC(=O)O)Sc1nc2ccccc2[nH]1. The number of H-pyrrole nitrogens is 1. The Kier molecular flexibility index (Phi) is 3.68. The molecule has 2 N–H and O–H groups in total. The van der Waals surface area contributed by atoms with Gasteiger partial charge in [-0.05, 0) is 18.6 Å². The van der Waals surface area contributed by atoms with Crippen LogP contribution >= 0.6 is 11.8 Å². The number of imidazole rings is 1. The molecule has 0 radical (unpaired) electrons. The molecule has 4 nitrogen and oxygen atoms in total. The Hall–Kier alpha value is -1.49. The number of carbonyl (C=O) groups is 1. The molecule has 0 fully saturated rings. The quantitative estimate of drug-likeness (QED) is 0.801. The van der Waals surface area contributed by atoms with Crippen LogP contribution in [0.2, 0.25) is 0 Å². The standard InChI is InChI=1S/C12H14N2O2S/c1-8(6-7-11(15)16)17-12-13-9-4-2-3-5-10(9)14-12/h2-5,8H,6-7H2,1H3,(H,13,14)(H,15,16). The van der Waals surface area contributed by atoms with Gasteiger partial charge in [0.25, 0.3) is 0 Å². The van der Waals surface area contributed by atoms with E-state index in [1.165, 1.54) is 0 Å². The Bertz CT molecular complexity index is 491. The van der Waals surface area contributed by atoms with Crippen LogP contribution in [0.5, 0.6) is 0 Å². The van der Waals surface area contributed by atoms with Crippen molar-refractivity contribution in [2.45, 2.75) is 30.2 Å². The fraction of sp³-hybridized carbons (Fsp3) is 0.333. The maximum absolute atomic E-state index is 10.5. The monoisotopic (exact) mass is 250 g/mol. The predicted molar refractivity (Wildman–Crippen MR) is 68.3 cm³/mol. The van der Waals surface area contributed by atoms with Gasteiger partial charge in [-0.15, -0.1) is 0 Å². The van der Waals surface area contributed by atoms with E-state index < -0.39 is 5.97 Å². The summed E-state index contributed by atoms with van der Waals surface area (Å²) in [7, 11) is 0. The van der Waals surface area contributed by atoms with Crippen LogP contribution < -0.4 is 0 Å². The molecule has 0 amide bonds. The molecule has 17 heavy (non-hydrogen) atoms. The summed E-state index contributed by atoms with van der Waals surface area (Å²) in [6.45, 7) is 2.01. The number of carboxylic acids is 1. The van der Waals surface area contributed by atoms with Crippen LogP contribution in [-0.2, 0) is 4.79 Å². The van der Waals surface area contributed by atoms with Crippen molar-refractivity contribution in [1.29, 1.82) is 0 Å². The van der Waals surface area contributed by atoms with Gasteiger partial charge in [0.1, 0.15) is 0 Å². The summed E-state index contributed by atoms with van der Waals surface area (Å²) >= 11 is 1.58. The van der Waals surface area contributed by atoms with Gasteiger partial charge in [-0.2, -0.15) is 0 Å². The summed E-state index contributed by atoms with van der Waals surface area (Å²) in [5.74, 6) is -0.748. The van der Waals surface area contributed by atoms with Crippen molar-refractivity contribution in [3.8, 4) is 0 Å². The van der Waals surface area contributed by atoms with Gasteiger partial charge >= 0.3 is 5.97 Å². The number of aromatic amines is 1. The van der Waals surface area contributed by atoms with E-state index in [0.717, 1.165) is 16.2 Å². The van der Waals surface area contributed by atoms with E-state index in [-0.39, 0.29) is 11.7 Å². The Morgan fingerprint density at radius 3 is 3.00 bits per heavy atom. The number of nitrogens with one attached hydrogen (secondary N) is 1. The fourth-order valence-corrected chi connectivity index (χ4v) is 2.50. The molecular weight excluding hydrogens is 236 g/mol. The number of fused-ring (bicyclic) bond motifs is 1. The van der Waals surface area contributed by atoms with Gasteiger partial charge in [0.05, 0.1) is 11.0 Å². The molecule has 1 aromatic carbocycles. The first kappa shape index (κ1) is 12.0. The summed E-state index contributed by atoms with van der Waals surface area (Å²) in [5, 5.41) is 9.70. The van der Waals surface area contributed by atoms with Crippen LogP contribution in [0.25, 0.3) is 11.0 Å². The maximum Gasteiger partial charge on any atom is 0.303 e. The summed E-state index contributed by atoms with van der Waals surface area (Å²) in [6, 6.07) is 7.85. The van der Waals surface area contributed by atoms with E-state index >= 15 is 0 Å². The number of para-hydroxylation sites is 2. The van der Waals surface area contributed by atoms with E-state index in [2.05, 4.69) is 9.97 Å². The first-order valence-electron chi connectivity index (χ1n) is 5.48. The lowest BCUT2D eigenvalue weighted by Gasteiger charge is -2.06. The molecule has 2 aromatic rings. The van der Waals surface area contributed by atoms with Gasteiger partial charge in [-0.25, -0.2) is 4.98 Å². The zero-order valence-corrected chi connectivity index (χ0v) is 10.3. The molecule has 1 atom stereocenters. The smallest absolute Gasteiger partial charge is 0.303 e. The first-order valence-corrected chi connectivity index (χ1v) is 6.36. The molecule has 2 rings (SSSR count). The van der Waals surface area contributed by atoms with Gasteiger partial charge in [-0.3, -0.25) is 4.79 Å². The number of rotatable bonds is 5. The number of hydrogen-bond donors (Lipinski definition) is 2. The van der Waals surface area contributed by atoms with Crippen molar-refractivity contribution in [2.24, 2.45) is 0 Å². The van der Waals surface area contributed by atoms with Gasteiger partial charge in [0.2, 0.25) is 0 Å². The average molecular weight is 250 g/mol.